The molecule has 0 bridgehead atoms. The van der Waals surface area contributed by atoms with Crippen molar-refractivity contribution in [3.8, 4) is 0 Å². The second-order valence-corrected chi connectivity index (χ2v) is 7.55. The number of hydrogen-bond donors (Lipinski definition) is 1. The number of morpholine rings is 1. The number of carbonyl (C=O) groups excluding carboxylic acids is 1. The van der Waals surface area contributed by atoms with Gasteiger partial charge in [0, 0.05) is 37.2 Å². The predicted octanol–water partition coefficient (Wildman–Crippen LogP) is 3.45. The molecular weight excluding hydrogens is 376 g/mol. The molecule has 1 fully saturated rings. The summed E-state index contributed by atoms with van der Waals surface area (Å²) >= 11 is 0. The maximum Gasteiger partial charge on any atom is 0.252 e. The number of benzene rings is 1. The van der Waals surface area contributed by atoms with Crippen LogP contribution in [-0.4, -0.2) is 42.2 Å². The molecule has 1 saturated heterocycles. The fraction of sp³-hybridized carbons (Fsp3) is 0.292. The van der Waals surface area contributed by atoms with Crippen molar-refractivity contribution >= 4 is 11.7 Å². The Bertz CT molecular complexity index is 1020. The van der Waals surface area contributed by atoms with Gasteiger partial charge in [0.2, 0.25) is 0 Å². The summed E-state index contributed by atoms with van der Waals surface area (Å²) in [5.41, 5.74) is 4.95. The van der Waals surface area contributed by atoms with Gasteiger partial charge < -0.3 is 15.0 Å². The molecule has 3 heterocycles. The minimum absolute atomic E-state index is 0.130. The number of carbonyl (C=O) groups is 1. The molecule has 6 nitrogen and oxygen atoms in total. The molecule has 30 heavy (non-hydrogen) atoms. The quantitative estimate of drug-likeness (QED) is 0.708. The van der Waals surface area contributed by atoms with Crippen molar-refractivity contribution in [2.24, 2.45) is 0 Å². The number of pyridine rings is 2. The van der Waals surface area contributed by atoms with E-state index >= 15 is 0 Å². The Morgan fingerprint density at radius 2 is 1.80 bits per heavy atom. The number of hydrogen-bond acceptors (Lipinski definition) is 5. The molecule has 6 heteroatoms. The highest BCUT2D eigenvalue weighted by Crippen LogP contribution is 2.26. The summed E-state index contributed by atoms with van der Waals surface area (Å²) in [5.74, 6) is 0.674. The number of rotatable bonds is 5. The Kier molecular flexibility index (Phi) is 6.05. The van der Waals surface area contributed by atoms with E-state index in [0.29, 0.717) is 18.8 Å². The highest BCUT2D eigenvalue weighted by Gasteiger charge is 2.21. The number of amides is 1. The molecule has 0 saturated carbocycles. The number of nitrogens with one attached hydrogen (secondary N) is 1. The normalized spacial score (nSPS) is 14.9. The lowest BCUT2D eigenvalue weighted by atomic mass is 9.94. The minimum atomic E-state index is -0.264. The Morgan fingerprint density at radius 3 is 2.57 bits per heavy atom. The molecule has 1 N–H and O–H groups in total. The highest BCUT2D eigenvalue weighted by molar-refractivity contribution is 5.95. The van der Waals surface area contributed by atoms with Crippen LogP contribution in [-0.2, 0) is 4.74 Å². The van der Waals surface area contributed by atoms with Crippen LogP contribution < -0.4 is 10.2 Å². The van der Waals surface area contributed by atoms with E-state index in [9.17, 15) is 4.79 Å². The second-order valence-electron chi connectivity index (χ2n) is 7.55. The van der Waals surface area contributed by atoms with Crippen LogP contribution >= 0.6 is 0 Å². The van der Waals surface area contributed by atoms with Crippen LogP contribution in [0.1, 0.15) is 38.7 Å². The topological polar surface area (TPSA) is 67.4 Å². The van der Waals surface area contributed by atoms with E-state index in [4.69, 9.17) is 4.74 Å². The zero-order valence-electron chi connectivity index (χ0n) is 17.3. The van der Waals surface area contributed by atoms with Crippen molar-refractivity contribution in [1.29, 1.82) is 0 Å². The van der Waals surface area contributed by atoms with Gasteiger partial charge in [0.1, 0.15) is 5.82 Å². The maximum absolute atomic E-state index is 13.2. The molecule has 1 amide bonds. The van der Waals surface area contributed by atoms with Crippen LogP contribution in [0.2, 0.25) is 0 Å². The molecule has 1 atom stereocenters. The summed E-state index contributed by atoms with van der Waals surface area (Å²) in [6, 6.07) is 13.5. The number of aromatic nitrogens is 2. The first-order valence-electron chi connectivity index (χ1n) is 10.2. The third kappa shape index (κ3) is 4.49. The zero-order valence-corrected chi connectivity index (χ0v) is 17.3. The lowest BCUT2D eigenvalue weighted by molar-refractivity contribution is 0.0942. The van der Waals surface area contributed by atoms with Gasteiger partial charge in [0.05, 0.1) is 19.3 Å². The molecule has 3 aromatic rings. The highest BCUT2D eigenvalue weighted by atomic mass is 16.5. The zero-order chi connectivity index (χ0) is 20.9. The first kappa shape index (κ1) is 20.0. The fourth-order valence-corrected chi connectivity index (χ4v) is 3.71. The standard InChI is InChI=1S/C24H26N4O2/c1-17-3-4-18(2)21(15-17)23(19-5-8-25-9-6-19)27-24(29)20-7-10-26-22(16-20)28-11-13-30-14-12-28/h3-10,15-16,23H,11-14H2,1-2H3,(H,27,29)/t23-/m1/s1. The monoisotopic (exact) mass is 402 g/mol. The summed E-state index contributed by atoms with van der Waals surface area (Å²) in [7, 11) is 0. The van der Waals surface area contributed by atoms with Gasteiger partial charge in [-0.3, -0.25) is 9.78 Å². The number of anilines is 1. The van der Waals surface area contributed by atoms with Crippen molar-refractivity contribution in [3.05, 3.63) is 88.9 Å². The summed E-state index contributed by atoms with van der Waals surface area (Å²) < 4.78 is 5.42. The lowest BCUT2D eigenvalue weighted by Gasteiger charge is -2.28. The first-order valence-corrected chi connectivity index (χ1v) is 10.2. The Hall–Kier alpha value is -3.25. The molecule has 154 valence electrons. The van der Waals surface area contributed by atoms with Crippen molar-refractivity contribution in [1.82, 2.24) is 15.3 Å². The van der Waals surface area contributed by atoms with E-state index in [0.717, 1.165) is 41.2 Å². The van der Waals surface area contributed by atoms with Crippen molar-refractivity contribution in [2.75, 3.05) is 31.2 Å². The van der Waals surface area contributed by atoms with Crippen LogP contribution in [0.3, 0.4) is 0 Å². The molecule has 1 aromatic carbocycles. The van der Waals surface area contributed by atoms with Gasteiger partial charge in [-0.15, -0.1) is 0 Å². The van der Waals surface area contributed by atoms with E-state index in [1.54, 1.807) is 24.7 Å². The smallest absolute Gasteiger partial charge is 0.252 e. The summed E-state index contributed by atoms with van der Waals surface area (Å²) in [6.07, 6.45) is 5.20. The average Bonchev–Trinajstić information content (AvgIpc) is 2.80. The average molecular weight is 402 g/mol. The van der Waals surface area contributed by atoms with Gasteiger partial charge in [0.15, 0.2) is 0 Å². The van der Waals surface area contributed by atoms with E-state index in [2.05, 4.69) is 52.2 Å². The van der Waals surface area contributed by atoms with E-state index in [1.165, 1.54) is 0 Å². The van der Waals surface area contributed by atoms with Crippen LogP contribution in [0.25, 0.3) is 0 Å². The summed E-state index contributed by atoms with van der Waals surface area (Å²) in [4.78, 5) is 24.0. The SMILES string of the molecule is Cc1ccc(C)c([C@H](NC(=O)c2ccnc(N3CCOCC3)c2)c2ccncc2)c1. The lowest BCUT2D eigenvalue weighted by Crippen LogP contribution is -2.37. The molecule has 4 rings (SSSR count). The van der Waals surface area contributed by atoms with E-state index in [1.807, 2.05) is 18.2 Å². The predicted molar refractivity (Wildman–Crippen MR) is 117 cm³/mol. The number of ether oxygens (including phenoxy) is 1. The Balaban J connectivity index is 1.63. The van der Waals surface area contributed by atoms with Gasteiger partial charge in [-0.05, 0) is 54.8 Å². The Morgan fingerprint density at radius 1 is 1.03 bits per heavy atom. The molecule has 0 radical (unpaired) electrons. The minimum Gasteiger partial charge on any atom is -0.378 e. The van der Waals surface area contributed by atoms with Crippen LogP contribution in [0.4, 0.5) is 5.82 Å². The molecule has 0 unspecified atom stereocenters. The van der Waals surface area contributed by atoms with Gasteiger partial charge in [-0.1, -0.05) is 23.8 Å². The number of nitrogens with zero attached hydrogens (tertiary/aromatic N) is 3. The fourth-order valence-electron chi connectivity index (χ4n) is 3.71. The Labute approximate surface area is 176 Å². The molecular formula is C24H26N4O2. The first-order chi connectivity index (χ1) is 14.6. The van der Waals surface area contributed by atoms with Crippen molar-refractivity contribution in [2.45, 2.75) is 19.9 Å². The molecule has 2 aromatic heterocycles. The van der Waals surface area contributed by atoms with Gasteiger partial charge >= 0.3 is 0 Å². The van der Waals surface area contributed by atoms with E-state index in [-0.39, 0.29) is 11.9 Å². The number of aryl methyl sites for hydroxylation is 2. The van der Waals surface area contributed by atoms with Crippen LogP contribution in [0, 0.1) is 13.8 Å². The molecule has 1 aliphatic heterocycles. The molecule has 0 aliphatic carbocycles. The van der Waals surface area contributed by atoms with Gasteiger partial charge in [-0.2, -0.15) is 0 Å². The maximum atomic E-state index is 13.2. The molecule has 0 spiro atoms. The van der Waals surface area contributed by atoms with Gasteiger partial charge in [0.25, 0.3) is 5.91 Å². The van der Waals surface area contributed by atoms with E-state index < -0.39 is 0 Å². The van der Waals surface area contributed by atoms with Crippen LogP contribution in [0.5, 0.6) is 0 Å². The molecule has 1 aliphatic rings. The van der Waals surface area contributed by atoms with Crippen molar-refractivity contribution < 1.29 is 9.53 Å². The summed E-state index contributed by atoms with van der Waals surface area (Å²) in [5, 5.41) is 3.23. The second kappa shape index (κ2) is 9.05. The van der Waals surface area contributed by atoms with Crippen molar-refractivity contribution in [3.63, 3.8) is 0 Å². The van der Waals surface area contributed by atoms with Gasteiger partial charge in [-0.25, -0.2) is 4.98 Å². The van der Waals surface area contributed by atoms with Crippen LogP contribution in [0.15, 0.2) is 61.1 Å². The third-order valence-electron chi connectivity index (χ3n) is 5.40. The third-order valence-corrected chi connectivity index (χ3v) is 5.40. The summed E-state index contributed by atoms with van der Waals surface area (Å²) in [6.45, 7) is 7.04. The largest absolute Gasteiger partial charge is 0.378 e.